The average molecular weight is 146 g/mol. The SMILES string of the molecule is CC[N+](C)(C)COC(C)C. The van der Waals surface area contributed by atoms with Crippen molar-refractivity contribution < 1.29 is 9.22 Å². The molecular formula is C8H20NO+. The van der Waals surface area contributed by atoms with Crippen LogP contribution in [0, 0.1) is 0 Å². The lowest BCUT2D eigenvalue weighted by Gasteiger charge is -2.28. The molecule has 0 N–H and O–H groups in total. The Morgan fingerprint density at radius 1 is 1.30 bits per heavy atom. The van der Waals surface area contributed by atoms with E-state index in [0.29, 0.717) is 6.10 Å². The molecule has 10 heavy (non-hydrogen) atoms. The zero-order valence-corrected chi connectivity index (χ0v) is 7.85. The maximum absolute atomic E-state index is 5.47. The van der Waals surface area contributed by atoms with Crippen LogP contribution in [0.15, 0.2) is 0 Å². The average Bonchev–Trinajstić information content (AvgIpc) is 1.85. The molecule has 0 bridgehead atoms. The zero-order valence-electron chi connectivity index (χ0n) is 7.85. The van der Waals surface area contributed by atoms with Gasteiger partial charge in [0, 0.05) is 0 Å². The van der Waals surface area contributed by atoms with Gasteiger partial charge in [-0.1, -0.05) is 0 Å². The van der Waals surface area contributed by atoms with Crippen molar-refractivity contribution in [3.8, 4) is 0 Å². The molecule has 2 nitrogen and oxygen atoms in total. The summed E-state index contributed by atoms with van der Waals surface area (Å²) in [5.74, 6) is 0. The Morgan fingerprint density at radius 3 is 2.10 bits per heavy atom. The van der Waals surface area contributed by atoms with Crippen LogP contribution in [0.5, 0.6) is 0 Å². The van der Waals surface area contributed by atoms with Gasteiger partial charge in [0.15, 0.2) is 6.73 Å². The molecule has 62 valence electrons. The highest BCUT2D eigenvalue weighted by Gasteiger charge is 2.11. The second-order valence-corrected chi connectivity index (χ2v) is 3.60. The first-order chi connectivity index (χ1) is 4.48. The van der Waals surface area contributed by atoms with Crippen LogP contribution in [0.2, 0.25) is 0 Å². The standard InChI is InChI=1S/C8H20NO/c1-6-9(4,5)7-10-8(2)3/h8H,6-7H2,1-5H3/q+1. The van der Waals surface area contributed by atoms with Crippen LogP contribution in [0.4, 0.5) is 0 Å². The summed E-state index contributed by atoms with van der Waals surface area (Å²) in [6.07, 6.45) is 0.351. The molecule has 0 unspecified atom stereocenters. The predicted octanol–water partition coefficient (Wildman–Crippen LogP) is 1.47. The lowest BCUT2D eigenvalue weighted by molar-refractivity contribution is -0.908. The van der Waals surface area contributed by atoms with Gasteiger partial charge < -0.3 is 9.22 Å². The van der Waals surface area contributed by atoms with Gasteiger partial charge in [0.1, 0.15) is 0 Å². The van der Waals surface area contributed by atoms with Crippen molar-refractivity contribution >= 4 is 0 Å². The highest BCUT2D eigenvalue weighted by molar-refractivity contribution is 4.31. The van der Waals surface area contributed by atoms with Crippen molar-refractivity contribution in [3.05, 3.63) is 0 Å². The molecule has 0 radical (unpaired) electrons. The maximum Gasteiger partial charge on any atom is 0.183 e. The second kappa shape index (κ2) is 3.94. The quantitative estimate of drug-likeness (QED) is 0.431. The predicted molar refractivity (Wildman–Crippen MR) is 43.7 cm³/mol. The molecule has 0 saturated carbocycles. The summed E-state index contributed by atoms with van der Waals surface area (Å²) in [6, 6.07) is 0. The molecule has 0 aliphatic rings. The summed E-state index contributed by atoms with van der Waals surface area (Å²) in [4.78, 5) is 0. The molecule has 0 aliphatic carbocycles. The fourth-order valence-corrected chi connectivity index (χ4v) is 0.442. The summed E-state index contributed by atoms with van der Waals surface area (Å²) in [7, 11) is 4.34. The highest BCUT2D eigenvalue weighted by atomic mass is 16.5. The molecule has 0 rings (SSSR count). The van der Waals surface area contributed by atoms with Crippen LogP contribution in [-0.2, 0) is 4.74 Å². The molecule has 0 spiro atoms. The van der Waals surface area contributed by atoms with E-state index in [1.54, 1.807) is 0 Å². The first-order valence-electron chi connectivity index (χ1n) is 3.91. The molecule has 0 saturated heterocycles. The van der Waals surface area contributed by atoms with E-state index in [9.17, 15) is 0 Å². The minimum absolute atomic E-state index is 0.351. The molecule has 0 atom stereocenters. The fourth-order valence-electron chi connectivity index (χ4n) is 0.442. The largest absolute Gasteiger partial charge is 0.329 e. The van der Waals surface area contributed by atoms with E-state index in [1.807, 2.05) is 0 Å². The molecule has 0 aromatic rings. The molecule has 0 heterocycles. The molecule has 2 heteroatoms. The van der Waals surface area contributed by atoms with Gasteiger partial charge in [-0.3, -0.25) is 0 Å². The van der Waals surface area contributed by atoms with Crippen LogP contribution in [0.25, 0.3) is 0 Å². The van der Waals surface area contributed by atoms with Gasteiger partial charge in [0.2, 0.25) is 0 Å². The van der Waals surface area contributed by atoms with Crippen LogP contribution >= 0.6 is 0 Å². The maximum atomic E-state index is 5.47. The van der Waals surface area contributed by atoms with Crippen molar-refractivity contribution in [3.63, 3.8) is 0 Å². The monoisotopic (exact) mass is 146 g/mol. The lowest BCUT2D eigenvalue weighted by Crippen LogP contribution is -2.41. The summed E-state index contributed by atoms with van der Waals surface area (Å²) < 4.78 is 6.41. The Labute approximate surface area is 64.4 Å². The van der Waals surface area contributed by atoms with Crippen LogP contribution in [-0.4, -0.2) is 38.0 Å². The van der Waals surface area contributed by atoms with Crippen LogP contribution in [0.3, 0.4) is 0 Å². The van der Waals surface area contributed by atoms with E-state index in [0.717, 1.165) is 17.8 Å². The Morgan fingerprint density at radius 2 is 1.80 bits per heavy atom. The highest BCUT2D eigenvalue weighted by Crippen LogP contribution is 1.98. The van der Waals surface area contributed by atoms with Gasteiger partial charge in [-0.05, 0) is 20.8 Å². The summed E-state index contributed by atoms with van der Waals surface area (Å²) >= 11 is 0. The molecule has 0 fully saturated rings. The summed E-state index contributed by atoms with van der Waals surface area (Å²) in [5.41, 5.74) is 0. The Kier molecular flexibility index (Phi) is 3.91. The number of hydrogen-bond acceptors (Lipinski definition) is 1. The number of nitrogens with zero attached hydrogens (tertiary/aromatic N) is 1. The Balaban J connectivity index is 3.46. The molecule has 0 aliphatic heterocycles. The lowest BCUT2D eigenvalue weighted by atomic mass is 10.5. The van der Waals surface area contributed by atoms with E-state index < -0.39 is 0 Å². The van der Waals surface area contributed by atoms with Crippen molar-refractivity contribution in [1.29, 1.82) is 0 Å². The number of quaternary nitrogens is 1. The molecule has 0 amide bonds. The fraction of sp³-hybridized carbons (Fsp3) is 1.00. The van der Waals surface area contributed by atoms with Gasteiger partial charge in [-0.2, -0.15) is 0 Å². The minimum atomic E-state index is 0.351. The first kappa shape index (κ1) is 9.92. The van der Waals surface area contributed by atoms with E-state index in [-0.39, 0.29) is 0 Å². The molecular weight excluding hydrogens is 126 g/mol. The van der Waals surface area contributed by atoms with E-state index in [1.165, 1.54) is 0 Å². The smallest absolute Gasteiger partial charge is 0.183 e. The van der Waals surface area contributed by atoms with E-state index >= 15 is 0 Å². The van der Waals surface area contributed by atoms with Gasteiger partial charge in [0.25, 0.3) is 0 Å². The Bertz CT molecular complexity index is 89.3. The van der Waals surface area contributed by atoms with Crippen LogP contribution < -0.4 is 0 Å². The Hall–Kier alpha value is -0.0800. The zero-order chi connectivity index (χ0) is 8.20. The van der Waals surface area contributed by atoms with Gasteiger partial charge in [0.05, 0.1) is 26.7 Å². The van der Waals surface area contributed by atoms with Crippen molar-refractivity contribution in [2.45, 2.75) is 26.9 Å². The number of rotatable bonds is 4. The molecule has 0 aromatic carbocycles. The summed E-state index contributed by atoms with van der Waals surface area (Å²) in [5, 5.41) is 0. The van der Waals surface area contributed by atoms with Gasteiger partial charge in [-0.15, -0.1) is 0 Å². The van der Waals surface area contributed by atoms with Crippen LogP contribution in [0.1, 0.15) is 20.8 Å². The molecule has 0 aromatic heterocycles. The third kappa shape index (κ3) is 4.77. The first-order valence-corrected chi connectivity index (χ1v) is 3.91. The van der Waals surface area contributed by atoms with Gasteiger partial charge >= 0.3 is 0 Å². The number of ether oxygens (including phenoxy) is 1. The number of hydrogen-bond donors (Lipinski definition) is 0. The normalized spacial score (nSPS) is 12.6. The van der Waals surface area contributed by atoms with Crippen molar-refractivity contribution in [1.82, 2.24) is 0 Å². The second-order valence-electron chi connectivity index (χ2n) is 3.60. The third-order valence-corrected chi connectivity index (χ3v) is 1.61. The summed E-state index contributed by atoms with van der Waals surface area (Å²) in [6.45, 7) is 8.23. The van der Waals surface area contributed by atoms with Crippen molar-refractivity contribution in [2.24, 2.45) is 0 Å². The minimum Gasteiger partial charge on any atom is -0.329 e. The van der Waals surface area contributed by atoms with Crippen molar-refractivity contribution in [2.75, 3.05) is 27.4 Å². The van der Waals surface area contributed by atoms with E-state index in [4.69, 9.17) is 4.74 Å². The van der Waals surface area contributed by atoms with E-state index in [2.05, 4.69) is 34.9 Å². The van der Waals surface area contributed by atoms with Gasteiger partial charge in [-0.25, -0.2) is 0 Å². The topological polar surface area (TPSA) is 9.23 Å². The third-order valence-electron chi connectivity index (χ3n) is 1.61.